The van der Waals surface area contributed by atoms with Crippen LogP contribution in [-0.4, -0.2) is 42.1 Å². The highest BCUT2D eigenvalue weighted by Crippen LogP contribution is 2.20. The van der Waals surface area contributed by atoms with Gasteiger partial charge >= 0.3 is 0 Å². The lowest BCUT2D eigenvalue weighted by Gasteiger charge is -2.19. The zero-order chi connectivity index (χ0) is 18.5. The second kappa shape index (κ2) is 7.86. The van der Waals surface area contributed by atoms with Crippen molar-refractivity contribution in [2.75, 3.05) is 13.6 Å². The average molecular weight is 355 g/mol. The lowest BCUT2D eigenvalue weighted by atomic mass is 10.00. The normalized spacial score (nSPS) is 15.9. The molecule has 1 N–H and O–H groups in total. The number of amides is 2. The van der Waals surface area contributed by atoms with Crippen LogP contribution in [0.2, 0.25) is 0 Å². The van der Waals surface area contributed by atoms with Crippen molar-refractivity contribution in [3.05, 3.63) is 59.5 Å². The van der Waals surface area contributed by atoms with Crippen LogP contribution in [0.3, 0.4) is 0 Å². The van der Waals surface area contributed by atoms with Crippen molar-refractivity contribution in [2.45, 2.75) is 26.0 Å². The predicted molar refractivity (Wildman–Crippen MR) is 95.4 cm³/mol. The van der Waals surface area contributed by atoms with Crippen molar-refractivity contribution in [3.8, 4) is 0 Å². The van der Waals surface area contributed by atoms with Crippen LogP contribution in [0.5, 0.6) is 0 Å². The number of likely N-dealkylation sites (N-methyl/N-ethyl adjacent to an activating group) is 1. The molecule has 0 radical (unpaired) electrons. The number of oxime groups is 1. The number of nitrogens with zero attached hydrogens (tertiary/aromatic N) is 2. The largest absolute Gasteiger partial charge is 0.467 e. The van der Waals surface area contributed by atoms with Crippen molar-refractivity contribution in [1.29, 1.82) is 0 Å². The SMILES string of the molecule is Cc1ccccc1C1=NO[C@H](C(=O)N(C)CC(=O)NCc2ccco2)C1. The van der Waals surface area contributed by atoms with Gasteiger partial charge in [0.05, 0.1) is 25.1 Å². The summed E-state index contributed by atoms with van der Waals surface area (Å²) in [6.45, 7) is 2.22. The van der Waals surface area contributed by atoms with Gasteiger partial charge in [-0.3, -0.25) is 9.59 Å². The fraction of sp³-hybridized carbons (Fsp3) is 0.316. The minimum Gasteiger partial charge on any atom is -0.467 e. The Morgan fingerprint density at radius 1 is 1.27 bits per heavy atom. The van der Waals surface area contributed by atoms with Gasteiger partial charge in [0.1, 0.15) is 5.76 Å². The Labute approximate surface area is 151 Å². The van der Waals surface area contributed by atoms with Crippen LogP contribution in [0.1, 0.15) is 23.3 Å². The zero-order valence-corrected chi connectivity index (χ0v) is 14.8. The lowest BCUT2D eigenvalue weighted by molar-refractivity contribution is -0.143. The summed E-state index contributed by atoms with van der Waals surface area (Å²) in [4.78, 5) is 31.1. The molecule has 2 heterocycles. The number of carbonyl (C=O) groups excluding carboxylic acids is 2. The standard InChI is InChI=1S/C19H21N3O4/c1-13-6-3-4-8-15(13)16-10-17(26-21-16)19(24)22(2)12-18(23)20-11-14-7-5-9-25-14/h3-9,17H,10-12H2,1-2H3,(H,20,23)/t17-/m0/s1. The summed E-state index contributed by atoms with van der Waals surface area (Å²) in [6.07, 6.45) is 1.23. The summed E-state index contributed by atoms with van der Waals surface area (Å²) >= 11 is 0. The molecule has 1 atom stereocenters. The molecule has 0 aliphatic carbocycles. The van der Waals surface area contributed by atoms with E-state index in [9.17, 15) is 9.59 Å². The average Bonchev–Trinajstić information content (AvgIpc) is 3.31. The van der Waals surface area contributed by atoms with Gasteiger partial charge in [0.15, 0.2) is 0 Å². The smallest absolute Gasteiger partial charge is 0.267 e. The first-order valence-corrected chi connectivity index (χ1v) is 8.37. The number of hydrogen-bond acceptors (Lipinski definition) is 5. The molecule has 1 aromatic heterocycles. The van der Waals surface area contributed by atoms with Crippen LogP contribution in [0.4, 0.5) is 0 Å². The zero-order valence-electron chi connectivity index (χ0n) is 14.8. The molecule has 0 spiro atoms. The number of furan rings is 1. The van der Waals surface area contributed by atoms with E-state index < -0.39 is 6.10 Å². The quantitative estimate of drug-likeness (QED) is 0.857. The Balaban J connectivity index is 1.50. The van der Waals surface area contributed by atoms with E-state index in [1.54, 1.807) is 25.4 Å². The Hall–Kier alpha value is -3.09. The summed E-state index contributed by atoms with van der Waals surface area (Å²) in [6, 6.07) is 11.3. The molecule has 2 amide bonds. The molecule has 136 valence electrons. The molecule has 7 heteroatoms. The third kappa shape index (κ3) is 4.11. The highest BCUT2D eigenvalue weighted by Gasteiger charge is 2.32. The highest BCUT2D eigenvalue weighted by atomic mass is 16.6. The van der Waals surface area contributed by atoms with E-state index in [-0.39, 0.29) is 24.9 Å². The van der Waals surface area contributed by atoms with Crippen LogP contribution < -0.4 is 5.32 Å². The van der Waals surface area contributed by atoms with Crippen molar-refractivity contribution in [1.82, 2.24) is 10.2 Å². The monoisotopic (exact) mass is 355 g/mol. The summed E-state index contributed by atoms with van der Waals surface area (Å²) in [5.74, 6) is 0.114. The number of rotatable bonds is 6. The number of carbonyl (C=O) groups is 2. The Bertz CT molecular complexity index is 814. The second-order valence-corrected chi connectivity index (χ2v) is 6.20. The molecule has 26 heavy (non-hydrogen) atoms. The van der Waals surface area contributed by atoms with Crippen molar-refractivity contribution < 1.29 is 18.8 Å². The molecule has 0 unspecified atom stereocenters. The van der Waals surface area contributed by atoms with Crippen molar-refractivity contribution in [3.63, 3.8) is 0 Å². The Kier molecular flexibility index (Phi) is 5.36. The fourth-order valence-electron chi connectivity index (χ4n) is 2.76. The Morgan fingerprint density at radius 2 is 2.08 bits per heavy atom. The second-order valence-electron chi connectivity index (χ2n) is 6.20. The van der Waals surface area contributed by atoms with Crippen LogP contribution in [0.25, 0.3) is 0 Å². The van der Waals surface area contributed by atoms with E-state index in [0.29, 0.717) is 12.2 Å². The van der Waals surface area contributed by atoms with Crippen LogP contribution in [-0.2, 0) is 21.0 Å². The summed E-state index contributed by atoms with van der Waals surface area (Å²) in [5, 5.41) is 6.76. The molecular weight excluding hydrogens is 334 g/mol. The number of benzene rings is 1. The molecule has 0 fully saturated rings. The Morgan fingerprint density at radius 3 is 2.81 bits per heavy atom. The fourth-order valence-corrected chi connectivity index (χ4v) is 2.76. The first kappa shape index (κ1) is 17.7. The number of hydrogen-bond donors (Lipinski definition) is 1. The third-order valence-electron chi connectivity index (χ3n) is 4.20. The van der Waals surface area contributed by atoms with Gasteiger partial charge in [0.25, 0.3) is 5.91 Å². The highest BCUT2D eigenvalue weighted by molar-refractivity contribution is 6.05. The van der Waals surface area contributed by atoms with Crippen molar-refractivity contribution in [2.24, 2.45) is 5.16 Å². The molecule has 2 aromatic rings. The van der Waals surface area contributed by atoms with Gasteiger partial charge in [-0.05, 0) is 24.6 Å². The maximum atomic E-state index is 12.5. The topological polar surface area (TPSA) is 84.1 Å². The summed E-state index contributed by atoms with van der Waals surface area (Å²) in [7, 11) is 1.57. The van der Waals surface area contributed by atoms with Gasteiger partial charge < -0.3 is 19.5 Å². The van der Waals surface area contributed by atoms with E-state index in [4.69, 9.17) is 9.25 Å². The van der Waals surface area contributed by atoms with Gasteiger partial charge in [-0.25, -0.2) is 0 Å². The van der Waals surface area contributed by atoms with Gasteiger partial charge in [-0.15, -0.1) is 0 Å². The maximum absolute atomic E-state index is 12.5. The van der Waals surface area contributed by atoms with Gasteiger partial charge in [-0.1, -0.05) is 29.4 Å². The maximum Gasteiger partial charge on any atom is 0.267 e. The van der Waals surface area contributed by atoms with Crippen LogP contribution >= 0.6 is 0 Å². The molecule has 3 rings (SSSR count). The van der Waals surface area contributed by atoms with E-state index in [0.717, 1.165) is 16.8 Å². The van der Waals surface area contributed by atoms with E-state index in [1.165, 1.54) is 4.90 Å². The summed E-state index contributed by atoms with van der Waals surface area (Å²) < 4.78 is 5.15. The third-order valence-corrected chi connectivity index (χ3v) is 4.20. The van der Waals surface area contributed by atoms with Crippen LogP contribution in [0.15, 0.2) is 52.2 Å². The van der Waals surface area contributed by atoms with Gasteiger partial charge in [0.2, 0.25) is 12.0 Å². The molecule has 0 saturated carbocycles. The lowest BCUT2D eigenvalue weighted by Crippen LogP contribution is -2.42. The number of aryl methyl sites for hydroxylation is 1. The predicted octanol–water partition coefficient (Wildman–Crippen LogP) is 1.86. The molecule has 7 nitrogen and oxygen atoms in total. The van der Waals surface area contributed by atoms with E-state index >= 15 is 0 Å². The molecular formula is C19H21N3O4. The summed E-state index contributed by atoms with van der Waals surface area (Å²) in [5.41, 5.74) is 2.80. The first-order chi connectivity index (χ1) is 12.5. The molecule has 1 aliphatic heterocycles. The van der Waals surface area contributed by atoms with Gasteiger partial charge in [-0.2, -0.15) is 0 Å². The first-order valence-electron chi connectivity index (χ1n) is 8.37. The molecule has 1 aromatic carbocycles. The van der Waals surface area contributed by atoms with Crippen LogP contribution in [0, 0.1) is 6.92 Å². The van der Waals surface area contributed by atoms with Crippen molar-refractivity contribution >= 4 is 17.5 Å². The molecule has 1 aliphatic rings. The molecule has 0 bridgehead atoms. The molecule has 0 saturated heterocycles. The van der Waals surface area contributed by atoms with E-state index in [1.807, 2.05) is 31.2 Å². The van der Waals surface area contributed by atoms with Gasteiger partial charge in [0, 0.05) is 19.0 Å². The minimum atomic E-state index is -0.701. The minimum absolute atomic E-state index is 0.0564. The van der Waals surface area contributed by atoms with E-state index in [2.05, 4.69) is 10.5 Å². The number of nitrogens with one attached hydrogen (secondary N) is 1.